The Kier molecular flexibility index (Phi) is 7.72. The van der Waals surface area contributed by atoms with E-state index in [1.165, 1.54) is 36.7 Å². The molecule has 0 saturated heterocycles. The van der Waals surface area contributed by atoms with Gasteiger partial charge in [-0.3, -0.25) is 4.55 Å². The maximum Gasteiger partial charge on any atom is 1.00 e. The van der Waals surface area contributed by atoms with E-state index in [1.807, 2.05) is 0 Å². The Balaban J connectivity index is -0.000000722. The molecule has 9 heteroatoms. The molecule has 1 aromatic heterocycles. The van der Waals surface area contributed by atoms with E-state index in [0.29, 0.717) is 11.4 Å². The van der Waals surface area contributed by atoms with Crippen LogP contribution in [-0.4, -0.2) is 28.2 Å². The second-order valence-corrected chi connectivity index (χ2v) is 4.39. The van der Waals surface area contributed by atoms with Crippen molar-refractivity contribution in [3.8, 4) is 11.4 Å². The van der Waals surface area contributed by atoms with Crippen LogP contribution in [0.5, 0.6) is 0 Å². The van der Waals surface area contributed by atoms with Gasteiger partial charge in [0, 0.05) is 11.8 Å². The minimum atomic E-state index is -4.16. The number of rotatable bonds is 2. The van der Waals surface area contributed by atoms with Crippen molar-refractivity contribution >= 4 is 10.1 Å². The fourth-order valence-corrected chi connectivity index (χ4v) is 1.64. The fourth-order valence-electron chi connectivity index (χ4n) is 1.16. The van der Waals surface area contributed by atoms with Crippen LogP contribution in [0.25, 0.3) is 11.4 Å². The van der Waals surface area contributed by atoms with E-state index in [4.69, 9.17) is 4.55 Å². The Morgan fingerprint density at radius 1 is 1.06 bits per heavy atom. The van der Waals surface area contributed by atoms with Crippen LogP contribution in [-0.2, 0) is 10.1 Å². The summed E-state index contributed by atoms with van der Waals surface area (Å²) in [5, 5.41) is 7.42. The molecule has 0 bridgehead atoms. The van der Waals surface area contributed by atoms with E-state index in [9.17, 15) is 8.42 Å². The van der Waals surface area contributed by atoms with Gasteiger partial charge in [0.15, 0.2) is 5.82 Å². The molecule has 0 spiro atoms. The number of hydrogen-bond donors (Lipinski definition) is 1. The summed E-state index contributed by atoms with van der Waals surface area (Å²) in [6, 6.07) is 5.56. The molecule has 1 N–H and O–H groups in total. The molecule has 0 atom stereocenters. The molecule has 2 rings (SSSR count). The van der Waals surface area contributed by atoms with Crippen LogP contribution in [0.4, 0.5) is 0 Å². The Hall–Kier alpha value is 0.140. The molecule has 0 saturated carbocycles. The molecule has 2 aromatic rings. The van der Waals surface area contributed by atoms with E-state index in [-0.39, 0.29) is 66.9 Å². The van der Waals surface area contributed by atoms with Crippen LogP contribution >= 0.6 is 0 Å². The van der Waals surface area contributed by atoms with Crippen molar-refractivity contribution in [2.75, 3.05) is 0 Å². The van der Waals surface area contributed by atoms with Gasteiger partial charge in [-0.1, -0.05) is 0 Å². The van der Waals surface area contributed by atoms with E-state index in [0.717, 1.165) is 0 Å². The van der Waals surface area contributed by atoms with Crippen LogP contribution in [0.15, 0.2) is 41.6 Å². The molecular formula is C9H9N3Na2O3S. The van der Waals surface area contributed by atoms with Crippen molar-refractivity contribution in [3.63, 3.8) is 0 Å². The number of aromatic nitrogens is 3. The standard InChI is InChI=1S/C9H7N3O3S.2Na.2H/c13-16(14,15)8-3-1-7(2-4-8)9-10-5-6-11-12-9;;;;/h1-6H,(H,13,14,15);;;;/q;2*+1;2*-1. The molecular weight excluding hydrogens is 276 g/mol. The molecule has 1 aromatic carbocycles. The first-order valence-corrected chi connectivity index (χ1v) is 5.73. The van der Waals surface area contributed by atoms with Gasteiger partial charge in [-0.25, -0.2) is 4.98 Å². The van der Waals surface area contributed by atoms with Gasteiger partial charge in [-0.2, -0.15) is 13.5 Å². The van der Waals surface area contributed by atoms with Gasteiger partial charge in [0.25, 0.3) is 10.1 Å². The quantitative estimate of drug-likeness (QED) is 0.439. The van der Waals surface area contributed by atoms with E-state index < -0.39 is 10.1 Å². The predicted molar refractivity (Wildman–Crippen MR) is 57.3 cm³/mol. The molecule has 0 aliphatic carbocycles. The van der Waals surface area contributed by atoms with Crippen molar-refractivity contribution in [3.05, 3.63) is 36.7 Å². The zero-order chi connectivity index (χ0) is 11.6. The fraction of sp³-hybridized carbons (Fsp3) is 0. The molecule has 6 nitrogen and oxygen atoms in total. The number of nitrogens with zero attached hydrogens (tertiary/aromatic N) is 3. The van der Waals surface area contributed by atoms with Gasteiger partial charge in [0.1, 0.15) is 0 Å². The second-order valence-electron chi connectivity index (χ2n) is 2.97. The first-order valence-electron chi connectivity index (χ1n) is 4.29. The van der Waals surface area contributed by atoms with Crippen molar-refractivity contribution in [1.82, 2.24) is 15.2 Å². The Bertz CT molecular complexity index is 600. The summed E-state index contributed by atoms with van der Waals surface area (Å²) in [6.07, 6.45) is 2.93. The molecule has 0 aliphatic heterocycles. The Morgan fingerprint density at radius 3 is 2.11 bits per heavy atom. The minimum absolute atomic E-state index is 0. The maximum atomic E-state index is 10.8. The van der Waals surface area contributed by atoms with Gasteiger partial charge in [0.05, 0.1) is 11.1 Å². The summed E-state index contributed by atoms with van der Waals surface area (Å²) in [7, 11) is -4.16. The average Bonchev–Trinajstić information content (AvgIpc) is 2.29. The first kappa shape index (κ1) is 18.1. The van der Waals surface area contributed by atoms with E-state index in [1.54, 1.807) is 0 Å². The van der Waals surface area contributed by atoms with Crippen LogP contribution in [0.2, 0.25) is 0 Å². The van der Waals surface area contributed by atoms with Crippen molar-refractivity contribution in [1.29, 1.82) is 0 Å². The summed E-state index contributed by atoms with van der Waals surface area (Å²) >= 11 is 0. The predicted octanol–water partition coefficient (Wildman–Crippen LogP) is -4.98. The van der Waals surface area contributed by atoms with E-state index >= 15 is 0 Å². The van der Waals surface area contributed by atoms with Crippen LogP contribution in [0, 0.1) is 0 Å². The minimum Gasteiger partial charge on any atom is -1.00 e. The molecule has 1 heterocycles. The zero-order valence-corrected chi connectivity index (χ0v) is 14.8. The normalized spacial score (nSPS) is 10.1. The molecule has 0 amide bonds. The number of benzene rings is 1. The summed E-state index contributed by atoms with van der Waals surface area (Å²) in [4.78, 5) is 3.79. The van der Waals surface area contributed by atoms with E-state index in [2.05, 4.69) is 15.2 Å². The van der Waals surface area contributed by atoms with Crippen LogP contribution < -0.4 is 59.1 Å². The average molecular weight is 285 g/mol. The Labute approximate surface area is 152 Å². The molecule has 0 unspecified atom stereocenters. The molecule has 18 heavy (non-hydrogen) atoms. The summed E-state index contributed by atoms with van der Waals surface area (Å²) in [6.45, 7) is 0. The second kappa shape index (κ2) is 7.66. The third-order valence-electron chi connectivity index (χ3n) is 1.89. The van der Waals surface area contributed by atoms with Crippen LogP contribution in [0.3, 0.4) is 0 Å². The topological polar surface area (TPSA) is 93.0 Å². The first-order chi connectivity index (χ1) is 7.57. The molecule has 86 valence electrons. The number of hydrogen-bond acceptors (Lipinski definition) is 5. The van der Waals surface area contributed by atoms with Gasteiger partial charge in [0.2, 0.25) is 0 Å². The third kappa shape index (κ3) is 4.67. The van der Waals surface area contributed by atoms with Crippen molar-refractivity contribution in [2.24, 2.45) is 0 Å². The summed E-state index contributed by atoms with van der Waals surface area (Å²) < 4.78 is 30.4. The third-order valence-corrected chi connectivity index (χ3v) is 2.76. The van der Waals surface area contributed by atoms with Gasteiger partial charge >= 0.3 is 59.1 Å². The zero-order valence-electron chi connectivity index (χ0n) is 12.0. The smallest absolute Gasteiger partial charge is 1.00 e. The molecule has 0 fully saturated rings. The SMILES string of the molecule is O=S(=O)(O)c1ccc(-c2nccnn2)cc1.[H-].[H-].[Na+].[Na+]. The maximum absolute atomic E-state index is 10.8. The van der Waals surface area contributed by atoms with Gasteiger partial charge in [-0.15, -0.1) is 5.10 Å². The van der Waals surface area contributed by atoms with Gasteiger partial charge in [-0.05, 0) is 24.3 Å². The molecule has 0 aliphatic rings. The van der Waals surface area contributed by atoms with Crippen molar-refractivity contribution in [2.45, 2.75) is 4.90 Å². The Morgan fingerprint density at radius 2 is 1.67 bits per heavy atom. The largest absolute Gasteiger partial charge is 1.00 e. The summed E-state index contributed by atoms with van der Waals surface area (Å²) in [5.41, 5.74) is 0.625. The molecule has 0 radical (unpaired) electrons. The van der Waals surface area contributed by atoms with Crippen LogP contribution in [0.1, 0.15) is 2.85 Å². The summed E-state index contributed by atoms with van der Waals surface area (Å²) in [5.74, 6) is 0.393. The van der Waals surface area contributed by atoms with Crippen molar-refractivity contribution < 1.29 is 74.9 Å². The van der Waals surface area contributed by atoms with Gasteiger partial charge < -0.3 is 2.85 Å². The monoisotopic (exact) mass is 285 g/mol.